The van der Waals surface area contributed by atoms with E-state index in [1.807, 2.05) is 58.2 Å². The molecule has 0 spiro atoms. The van der Waals surface area contributed by atoms with Gasteiger partial charge in [-0.05, 0) is 100 Å². The van der Waals surface area contributed by atoms with Crippen molar-refractivity contribution in [2.75, 3.05) is 26.7 Å². The summed E-state index contributed by atoms with van der Waals surface area (Å²) < 4.78 is 17.8. The fourth-order valence-corrected chi connectivity index (χ4v) is 6.21. The van der Waals surface area contributed by atoms with Crippen molar-refractivity contribution in [3.63, 3.8) is 0 Å². The largest absolute Gasteiger partial charge is 0.493 e. The number of benzene rings is 3. The summed E-state index contributed by atoms with van der Waals surface area (Å²) >= 11 is 0. The van der Waals surface area contributed by atoms with Crippen molar-refractivity contribution in [2.45, 2.75) is 78.7 Å². The molecule has 0 aliphatic carbocycles. The average Bonchev–Trinajstić information content (AvgIpc) is 2.98. The summed E-state index contributed by atoms with van der Waals surface area (Å²) in [5.41, 5.74) is 7.70. The van der Waals surface area contributed by atoms with Crippen molar-refractivity contribution in [3.05, 3.63) is 106 Å². The number of amides is 1. The van der Waals surface area contributed by atoms with Gasteiger partial charge in [0.15, 0.2) is 0 Å². The van der Waals surface area contributed by atoms with Gasteiger partial charge in [-0.25, -0.2) is 9.59 Å². The third-order valence-electron chi connectivity index (χ3n) is 8.79. The molecular weight excluding hydrogens is 564 g/mol. The Labute approximate surface area is 267 Å². The van der Waals surface area contributed by atoms with Gasteiger partial charge >= 0.3 is 12.1 Å². The van der Waals surface area contributed by atoms with Crippen LogP contribution in [0.25, 0.3) is 5.57 Å². The zero-order valence-corrected chi connectivity index (χ0v) is 27.7. The van der Waals surface area contributed by atoms with Crippen LogP contribution in [0.2, 0.25) is 0 Å². The van der Waals surface area contributed by atoms with Gasteiger partial charge in [-0.3, -0.25) is 4.90 Å². The van der Waals surface area contributed by atoms with Crippen LogP contribution in [0.5, 0.6) is 5.75 Å². The van der Waals surface area contributed by atoms with Crippen molar-refractivity contribution in [2.24, 2.45) is 0 Å². The average molecular weight is 611 g/mol. The lowest BCUT2D eigenvalue weighted by Crippen LogP contribution is -2.62. The monoisotopic (exact) mass is 610 g/mol. The van der Waals surface area contributed by atoms with Gasteiger partial charge in [0.25, 0.3) is 0 Å². The molecule has 2 unspecified atom stereocenters. The fraction of sp³-hybridized carbons (Fsp3) is 0.421. The van der Waals surface area contributed by atoms with Crippen molar-refractivity contribution >= 4 is 17.6 Å². The van der Waals surface area contributed by atoms with E-state index in [9.17, 15) is 9.59 Å². The topological polar surface area (TPSA) is 68.3 Å². The minimum Gasteiger partial charge on any atom is -0.493 e. The molecule has 2 aliphatic rings. The molecule has 7 nitrogen and oxygen atoms in total. The van der Waals surface area contributed by atoms with Crippen LogP contribution < -0.4 is 4.74 Å². The summed E-state index contributed by atoms with van der Waals surface area (Å²) in [5.74, 6) is 0.586. The second kappa shape index (κ2) is 13.5. The van der Waals surface area contributed by atoms with Crippen LogP contribution in [0.15, 0.2) is 72.3 Å². The lowest BCUT2D eigenvalue weighted by atomic mass is 9.82. The lowest BCUT2D eigenvalue weighted by Gasteiger charge is -2.49. The number of rotatable bonds is 8. The highest BCUT2D eigenvalue weighted by molar-refractivity contribution is 6.00. The van der Waals surface area contributed by atoms with Crippen LogP contribution in [-0.2, 0) is 27.3 Å². The Hall–Kier alpha value is -4.10. The van der Waals surface area contributed by atoms with Gasteiger partial charge in [0.1, 0.15) is 18.0 Å². The number of aryl methyl sites for hydroxylation is 2. The van der Waals surface area contributed by atoms with Crippen molar-refractivity contribution < 1.29 is 23.8 Å². The summed E-state index contributed by atoms with van der Waals surface area (Å²) in [7, 11) is 2.03. The smallest absolute Gasteiger partial charge is 0.410 e. The van der Waals surface area contributed by atoms with Crippen molar-refractivity contribution in [1.82, 2.24) is 9.80 Å². The Morgan fingerprint density at radius 1 is 0.911 bits per heavy atom. The van der Waals surface area contributed by atoms with E-state index in [0.29, 0.717) is 31.7 Å². The molecule has 2 bridgehead atoms. The first-order chi connectivity index (χ1) is 21.4. The van der Waals surface area contributed by atoms with Gasteiger partial charge in [-0.1, -0.05) is 60.7 Å². The molecule has 0 radical (unpaired) electrons. The van der Waals surface area contributed by atoms with E-state index in [2.05, 4.69) is 62.1 Å². The summed E-state index contributed by atoms with van der Waals surface area (Å²) in [6.07, 6.45) is 1.04. The molecule has 3 aromatic rings. The fourth-order valence-electron chi connectivity index (χ4n) is 6.21. The van der Waals surface area contributed by atoms with Crippen LogP contribution >= 0.6 is 0 Å². The maximum Gasteiger partial charge on any atom is 0.410 e. The highest BCUT2D eigenvalue weighted by Gasteiger charge is 2.45. The summed E-state index contributed by atoms with van der Waals surface area (Å²) in [6.45, 7) is 13.6. The second-order valence-corrected chi connectivity index (χ2v) is 13.4. The molecule has 2 atom stereocenters. The minimum atomic E-state index is -0.599. The predicted octanol–water partition coefficient (Wildman–Crippen LogP) is 7.05. The maximum atomic E-state index is 13.9. The molecule has 1 saturated heterocycles. The van der Waals surface area contributed by atoms with Crippen LogP contribution in [0.1, 0.15) is 60.6 Å². The SMILES string of the molecule is Cc1cc(C)c(C)c(OCCc2ccc(C3=C(C(=O)OCc4ccccc4)C4CN(C(=O)OC(C)(C)C)CC(C3)N4C)cc2)c1. The van der Waals surface area contributed by atoms with E-state index in [-0.39, 0.29) is 30.8 Å². The molecule has 2 aliphatic heterocycles. The van der Waals surface area contributed by atoms with E-state index >= 15 is 0 Å². The van der Waals surface area contributed by atoms with E-state index in [4.69, 9.17) is 14.2 Å². The number of fused-ring (bicyclic) bond motifs is 2. The van der Waals surface area contributed by atoms with Gasteiger partial charge in [-0.2, -0.15) is 0 Å². The second-order valence-electron chi connectivity index (χ2n) is 13.4. The summed E-state index contributed by atoms with van der Waals surface area (Å²) in [4.78, 5) is 30.9. The first-order valence-electron chi connectivity index (χ1n) is 15.8. The molecule has 1 amide bonds. The Morgan fingerprint density at radius 2 is 1.62 bits per heavy atom. The van der Waals surface area contributed by atoms with Gasteiger partial charge in [0, 0.05) is 25.6 Å². The molecular formula is C38H46N2O5. The lowest BCUT2D eigenvalue weighted by molar-refractivity contribution is -0.141. The van der Waals surface area contributed by atoms with Crippen LogP contribution in [-0.4, -0.2) is 66.3 Å². The molecule has 7 heteroatoms. The number of hydrogen-bond acceptors (Lipinski definition) is 6. The molecule has 0 saturated carbocycles. The Balaban J connectivity index is 1.38. The summed E-state index contributed by atoms with van der Waals surface area (Å²) in [5, 5.41) is 0. The highest BCUT2D eigenvalue weighted by Crippen LogP contribution is 2.38. The first kappa shape index (κ1) is 32.3. The summed E-state index contributed by atoms with van der Waals surface area (Å²) in [6, 6.07) is 22.1. The normalized spacial score (nSPS) is 18.5. The number of esters is 1. The standard InChI is InChI=1S/C38H46N2O5/c1-25-19-26(2)27(3)34(20-25)43-18-17-28-13-15-30(16-14-28)32-21-31-22-40(37(42)45-38(4,5)6)23-33(39(31)7)35(32)36(41)44-24-29-11-9-8-10-12-29/h8-16,19-20,31,33H,17-18,21-24H2,1-7H3. The third-order valence-corrected chi connectivity index (χ3v) is 8.79. The van der Waals surface area contributed by atoms with E-state index in [1.165, 1.54) is 22.3 Å². The number of likely N-dealkylation sites (N-methyl/N-ethyl adjacent to an activating group) is 1. The molecule has 5 rings (SSSR count). The Kier molecular flexibility index (Phi) is 9.68. The molecule has 0 aromatic heterocycles. The quantitative estimate of drug-likeness (QED) is 0.255. The van der Waals surface area contributed by atoms with E-state index < -0.39 is 5.60 Å². The zero-order chi connectivity index (χ0) is 32.3. The molecule has 45 heavy (non-hydrogen) atoms. The van der Waals surface area contributed by atoms with E-state index in [1.54, 1.807) is 4.90 Å². The zero-order valence-electron chi connectivity index (χ0n) is 27.7. The van der Waals surface area contributed by atoms with Gasteiger partial charge in [-0.15, -0.1) is 0 Å². The minimum absolute atomic E-state index is 0.0473. The number of ether oxygens (including phenoxy) is 3. The maximum absolute atomic E-state index is 13.9. The van der Waals surface area contributed by atoms with Crippen molar-refractivity contribution in [1.29, 1.82) is 0 Å². The number of piperazine rings is 1. The number of carbonyl (C=O) groups excluding carboxylic acids is 2. The highest BCUT2D eigenvalue weighted by atomic mass is 16.6. The number of nitrogens with zero attached hydrogens (tertiary/aromatic N) is 2. The number of carbonyl (C=O) groups is 2. The predicted molar refractivity (Wildman–Crippen MR) is 177 cm³/mol. The van der Waals surface area contributed by atoms with Crippen LogP contribution in [0.4, 0.5) is 4.79 Å². The van der Waals surface area contributed by atoms with Crippen molar-refractivity contribution in [3.8, 4) is 5.75 Å². The number of hydrogen-bond donors (Lipinski definition) is 0. The molecule has 238 valence electrons. The first-order valence-corrected chi connectivity index (χ1v) is 15.8. The van der Waals surface area contributed by atoms with Gasteiger partial charge in [0.2, 0.25) is 0 Å². The Morgan fingerprint density at radius 3 is 2.31 bits per heavy atom. The molecule has 0 N–H and O–H groups in total. The molecule has 3 aromatic carbocycles. The van der Waals surface area contributed by atoms with E-state index in [0.717, 1.165) is 28.9 Å². The molecule has 1 fully saturated rings. The van der Waals surface area contributed by atoms with Crippen LogP contribution in [0, 0.1) is 20.8 Å². The van der Waals surface area contributed by atoms with Crippen LogP contribution in [0.3, 0.4) is 0 Å². The molecule has 2 heterocycles. The van der Waals surface area contributed by atoms with Gasteiger partial charge < -0.3 is 19.1 Å². The third kappa shape index (κ3) is 7.77. The Bertz CT molecular complexity index is 1560. The van der Waals surface area contributed by atoms with Gasteiger partial charge in [0.05, 0.1) is 18.2 Å².